The lowest BCUT2D eigenvalue weighted by molar-refractivity contribution is -0.148. The Morgan fingerprint density at radius 1 is 1.03 bits per heavy atom. The van der Waals surface area contributed by atoms with Gasteiger partial charge in [-0.25, -0.2) is 4.79 Å². The van der Waals surface area contributed by atoms with E-state index in [2.05, 4.69) is 40.7 Å². The zero-order valence-electron chi connectivity index (χ0n) is 21.5. The van der Waals surface area contributed by atoms with Gasteiger partial charge in [0.15, 0.2) is 11.9 Å². The van der Waals surface area contributed by atoms with Crippen molar-refractivity contribution in [2.45, 2.75) is 111 Å². The van der Waals surface area contributed by atoms with Gasteiger partial charge >= 0.3 is 5.97 Å². The fraction of sp³-hybridized carbons (Fsp3) is 0.815. The molecular formula is C27H48O6. The fourth-order valence-corrected chi connectivity index (χ4v) is 4.24. The Kier molecular flexibility index (Phi) is 14.4. The summed E-state index contributed by atoms with van der Waals surface area (Å²) in [5.74, 6) is 0.747. The molecule has 0 fully saturated rings. The first-order chi connectivity index (χ1) is 15.6. The molecule has 0 aromatic heterocycles. The molecule has 0 saturated heterocycles. The monoisotopic (exact) mass is 468 g/mol. The van der Waals surface area contributed by atoms with Crippen LogP contribution in [0, 0.1) is 17.8 Å². The Morgan fingerprint density at radius 2 is 1.61 bits per heavy atom. The number of allylic oxidation sites excluding steroid dienone is 1. The topological polar surface area (TPSA) is 96.2 Å². The molecule has 6 nitrogen and oxygen atoms in total. The van der Waals surface area contributed by atoms with Crippen molar-refractivity contribution in [2.75, 3.05) is 13.2 Å². The van der Waals surface area contributed by atoms with Crippen LogP contribution < -0.4 is 0 Å². The third-order valence-electron chi connectivity index (χ3n) is 6.46. The number of aliphatic hydroxyl groups is 3. The van der Waals surface area contributed by atoms with Gasteiger partial charge in [0, 0.05) is 0 Å². The molecule has 3 N–H and O–H groups in total. The molecule has 1 rings (SSSR count). The largest absolute Gasteiger partial charge is 0.499 e. The van der Waals surface area contributed by atoms with Crippen LogP contribution in [0.1, 0.15) is 98.8 Å². The van der Waals surface area contributed by atoms with Crippen molar-refractivity contribution in [2.24, 2.45) is 17.8 Å². The van der Waals surface area contributed by atoms with Gasteiger partial charge in [-0.1, -0.05) is 84.3 Å². The number of aliphatic hydroxyl groups excluding tert-OH is 3. The summed E-state index contributed by atoms with van der Waals surface area (Å²) < 4.78 is 10.3. The van der Waals surface area contributed by atoms with Crippen LogP contribution >= 0.6 is 0 Å². The quantitative estimate of drug-likeness (QED) is 0.133. The van der Waals surface area contributed by atoms with E-state index >= 15 is 0 Å². The Balaban J connectivity index is 2.19. The first-order valence-corrected chi connectivity index (χ1v) is 12.9. The summed E-state index contributed by atoms with van der Waals surface area (Å²) in [6.07, 6.45) is 11.8. The van der Waals surface area contributed by atoms with Crippen molar-refractivity contribution in [1.82, 2.24) is 0 Å². The summed E-state index contributed by atoms with van der Waals surface area (Å²) in [4.78, 5) is 11.5. The van der Waals surface area contributed by atoms with Crippen LogP contribution in [-0.2, 0) is 14.3 Å². The molecule has 6 heteroatoms. The van der Waals surface area contributed by atoms with E-state index in [1.54, 1.807) is 0 Å². The maximum atomic E-state index is 11.5. The minimum atomic E-state index is -1.32. The molecule has 0 aliphatic carbocycles. The Hall–Kier alpha value is -1.53. The molecule has 0 bridgehead atoms. The van der Waals surface area contributed by atoms with E-state index < -0.39 is 30.5 Å². The molecular weight excluding hydrogens is 420 g/mol. The Labute approximate surface area is 201 Å². The van der Waals surface area contributed by atoms with Gasteiger partial charge < -0.3 is 24.8 Å². The SMILES string of the molecule is C/C(=C\CCOC1=C(O)C(=O)OC1C(O)CO)CCCC(C)CCCC(C)CCCC(C)C. The van der Waals surface area contributed by atoms with Crippen LogP contribution in [0.5, 0.6) is 0 Å². The first kappa shape index (κ1) is 29.5. The minimum Gasteiger partial charge on any atom is -0.499 e. The maximum Gasteiger partial charge on any atom is 0.378 e. The van der Waals surface area contributed by atoms with E-state index in [-0.39, 0.29) is 12.4 Å². The van der Waals surface area contributed by atoms with Gasteiger partial charge in [0.05, 0.1) is 13.2 Å². The van der Waals surface area contributed by atoms with Crippen LogP contribution in [0.3, 0.4) is 0 Å². The molecule has 4 unspecified atom stereocenters. The molecule has 0 radical (unpaired) electrons. The fourth-order valence-electron chi connectivity index (χ4n) is 4.24. The molecule has 0 aromatic rings. The van der Waals surface area contributed by atoms with Crippen LogP contribution in [0.25, 0.3) is 0 Å². The van der Waals surface area contributed by atoms with Crippen molar-refractivity contribution < 1.29 is 29.6 Å². The van der Waals surface area contributed by atoms with Crippen molar-refractivity contribution in [3.05, 3.63) is 23.2 Å². The minimum absolute atomic E-state index is 0.101. The molecule has 1 aliphatic heterocycles. The third kappa shape index (κ3) is 11.9. The Bertz CT molecular complexity index is 624. The molecule has 33 heavy (non-hydrogen) atoms. The van der Waals surface area contributed by atoms with Crippen LogP contribution in [0.2, 0.25) is 0 Å². The molecule has 1 heterocycles. The van der Waals surface area contributed by atoms with Crippen LogP contribution in [0.4, 0.5) is 0 Å². The standard InChI is InChI=1S/C27H48O6/c1-19(2)10-6-11-20(3)12-7-13-21(4)14-8-15-22(5)16-9-17-32-26-24(30)27(31)33-25(26)23(29)18-28/h16,19-21,23,25,28-30H,6-15,17-18H2,1-5H3/b22-16+. The summed E-state index contributed by atoms with van der Waals surface area (Å²) in [6.45, 7) is 11.1. The van der Waals surface area contributed by atoms with Gasteiger partial charge in [-0.15, -0.1) is 0 Å². The number of rotatable bonds is 18. The van der Waals surface area contributed by atoms with Crippen molar-refractivity contribution in [3.8, 4) is 0 Å². The van der Waals surface area contributed by atoms with E-state index in [1.165, 1.54) is 56.9 Å². The molecule has 0 saturated carbocycles. The van der Waals surface area contributed by atoms with Crippen molar-refractivity contribution >= 4 is 5.97 Å². The highest BCUT2D eigenvalue weighted by Crippen LogP contribution is 2.25. The maximum absolute atomic E-state index is 11.5. The summed E-state index contributed by atoms with van der Waals surface area (Å²) in [7, 11) is 0. The smallest absolute Gasteiger partial charge is 0.378 e. The van der Waals surface area contributed by atoms with E-state index in [9.17, 15) is 15.0 Å². The highest BCUT2D eigenvalue weighted by Gasteiger charge is 2.40. The normalized spacial score (nSPS) is 19.7. The van der Waals surface area contributed by atoms with Gasteiger partial charge in [-0.05, 0) is 43.9 Å². The van der Waals surface area contributed by atoms with E-state index in [4.69, 9.17) is 14.6 Å². The lowest BCUT2D eigenvalue weighted by atomic mass is 9.91. The van der Waals surface area contributed by atoms with Gasteiger partial charge in [0.1, 0.15) is 6.10 Å². The van der Waals surface area contributed by atoms with E-state index in [1.807, 2.05) is 0 Å². The number of hydrogen-bond donors (Lipinski definition) is 3. The number of ether oxygens (including phenoxy) is 2. The second-order valence-corrected chi connectivity index (χ2v) is 10.3. The summed E-state index contributed by atoms with van der Waals surface area (Å²) in [5, 5.41) is 28.5. The van der Waals surface area contributed by atoms with Crippen LogP contribution in [0.15, 0.2) is 23.2 Å². The van der Waals surface area contributed by atoms with Crippen molar-refractivity contribution in [3.63, 3.8) is 0 Å². The summed E-state index contributed by atoms with van der Waals surface area (Å²) >= 11 is 0. The van der Waals surface area contributed by atoms with Gasteiger partial charge in [0.2, 0.25) is 5.76 Å². The zero-order valence-corrected chi connectivity index (χ0v) is 21.5. The number of hydrogen-bond acceptors (Lipinski definition) is 6. The third-order valence-corrected chi connectivity index (χ3v) is 6.46. The molecule has 0 amide bonds. The van der Waals surface area contributed by atoms with E-state index in [0.717, 1.165) is 24.2 Å². The molecule has 192 valence electrons. The predicted molar refractivity (Wildman–Crippen MR) is 132 cm³/mol. The molecule has 1 aliphatic rings. The van der Waals surface area contributed by atoms with Crippen LogP contribution in [-0.4, -0.2) is 46.7 Å². The zero-order chi connectivity index (χ0) is 24.8. The molecule has 0 spiro atoms. The number of cyclic esters (lactones) is 1. The lowest BCUT2D eigenvalue weighted by Crippen LogP contribution is -2.32. The molecule has 4 atom stereocenters. The second kappa shape index (κ2) is 16.2. The number of carbonyl (C=O) groups excluding carboxylic acids is 1. The first-order valence-electron chi connectivity index (χ1n) is 12.9. The van der Waals surface area contributed by atoms with E-state index in [0.29, 0.717) is 6.42 Å². The summed E-state index contributed by atoms with van der Waals surface area (Å²) in [6, 6.07) is 0. The van der Waals surface area contributed by atoms with Gasteiger partial charge in [-0.3, -0.25) is 0 Å². The highest BCUT2D eigenvalue weighted by molar-refractivity contribution is 5.89. The Morgan fingerprint density at radius 3 is 2.18 bits per heavy atom. The molecule has 0 aromatic carbocycles. The summed E-state index contributed by atoms with van der Waals surface area (Å²) in [5.41, 5.74) is 1.30. The number of esters is 1. The highest BCUT2D eigenvalue weighted by atomic mass is 16.6. The second-order valence-electron chi connectivity index (χ2n) is 10.3. The van der Waals surface area contributed by atoms with Crippen molar-refractivity contribution in [1.29, 1.82) is 0 Å². The lowest BCUT2D eigenvalue weighted by Gasteiger charge is -2.18. The van der Waals surface area contributed by atoms with Gasteiger partial charge in [-0.2, -0.15) is 0 Å². The average Bonchev–Trinajstić information content (AvgIpc) is 3.04. The average molecular weight is 469 g/mol. The predicted octanol–water partition coefficient (Wildman–Crippen LogP) is 5.83. The number of carbonyl (C=O) groups is 1. The van der Waals surface area contributed by atoms with Gasteiger partial charge in [0.25, 0.3) is 0 Å².